The molecule has 0 saturated heterocycles. The zero-order valence-electron chi connectivity index (χ0n) is 8.42. The molecule has 0 fully saturated rings. The molecule has 2 aromatic carbocycles. The summed E-state index contributed by atoms with van der Waals surface area (Å²) < 4.78 is 5.28. The summed E-state index contributed by atoms with van der Waals surface area (Å²) in [7, 11) is 0. The van der Waals surface area contributed by atoms with Crippen molar-refractivity contribution in [3.8, 4) is 5.75 Å². The van der Waals surface area contributed by atoms with Gasteiger partial charge in [-0.3, -0.25) is 10.1 Å². The molecule has 0 bridgehead atoms. The lowest BCUT2D eigenvalue weighted by molar-refractivity contribution is -0.558. The maximum atomic E-state index is 10.7. The van der Waals surface area contributed by atoms with Crippen LogP contribution in [0.4, 0.5) is 0 Å². The summed E-state index contributed by atoms with van der Waals surface area (Å²) in [4.78, 5) is 10.3. The summed E-state index contributed by atoms with van der Waals surface area (Å²) in [5, 5.41) is 12.8. The predicted octanol–water partition coefficient (Wildman–Crippen LogP) is 2.38. The van der Waals surface area contributed by atoms with Crippen LogP contribution in [0.2, 0.25) is 0 Å². The summed E-state index contributed by atoms with van der Waals surface area (Å²) in [6.45, 7) is 0. The Kier molecular flexibility index (Phi) is 1.83. The summed E-state index contributed by atoms with van der Waals surface area (Å²) in [6, 6.07) is 11.6. The van der Waals surface area contributed by atoms with Crippen LogP contribution in [0.25, 0.3) is 10.8 Å². The third kappa shape index (κ3) is 1.23. The van der Waals surface area contributed by atoms with E-state index in [0.717, 1.165) is 16.3 Å². The molecule has 0 N–H and O–H groups in total. The Hall–Kier alpha value is -2.10. The van der Waals surface area contributed by atoms with Crippen molar-refractivity contribution < 1.29 is 9.66 Å². The predicted molar refractivity (Wildman–Crippen MR) is 59.1 cm³/mol. The van der Waals surface area contributed by atoms with E-state index in [4.69, 9.17) is 4.74 Å². The average Bonchev–Trinajstić information content (AvgIpc) is 2.73. The first-order valence-electron chi connectivity index (χ1n) is 5.06. The molecule has 16 heavy (non-hydrogen) atoms. The Morgan fingerprint density at radius 3 is 2.88 bits per heavy atom. The molecule has 4 heteroatoms. The van der Waals surface area contributed by atoms with Gasteiger partial charge in [0.2, 0.25) is 0 Å². The number of nitro groups is 1. The fourth-order valence-corrected chi connectivity index (χ4v) is 2.12. The van der Waals surface area contributed by atoms with Gasteiger partial charge in [-0.15, -0.1) is 0 Å². The molecule has 0 amide bonds. The molecule has 4 nitrogen and oxygen atoms in total. The van der Waals surface area contributed by atoms with E-state index < -0.39 is 6.23 Å². The van der Waals surface area contributed by atoms with Gasteiger partial charge in [0.25, 0.3) is 0 Å². The first-order valence-corrected chi connectivity index (χ1v) is 5.06. The molecule has 2 aromatic rings. The highest BCUT2D eigenvalue weighted by Gasteiger charge is 2.32. The van der Waals surface area contributed by atoms with Crippen LogP contribution in [0, 0.1) is 10.1 Å². The van der Waals surface area contributed by atoms with Crippen molar-refractivity contribution in [2.45, 2.75) is 12.6 Å². The molecular weight excluding hydrogens is 206 g/mol. The van der Waals surface area contributed by atoms with Crippen LogP contribution >= 0.6 is 0 Å². The Labute approximate surface area is 91.6 Å². The van der Waals surface area contributed by atoms with E-state index in [0.29, 0.717) is 12.2 Å². The molecule has 0 spiro atoms. The van der Waals surface area contributed by atoms with E-state index in [1.54, 1.807) is 6.07 Å². The maximum absolute atomic E-state index is 10.7. The van der Waals surface area contributed by atoms with E-state index in [1.807, 2.05) is 30.3 Å². The Balaban J connectivity index is 2.17. The smallest absolute Gasteiger partial charge is 0.358 e. The molecule has 1 aliphatic heterocycles. The van der Waals surface area contributed by atoms with E-state index in [1.165, 1.54) is 0 Å². The molecule has 0 saturated carbocycles. The lowest BCUT2D eigenvalue weighted by Crippen LogP contribution is -2.23. The molecule has 1 unspecified atom stereocenters. The van der Waals surface area contributed by atoms with Crippen LogP contribution < -0.4 is 4.74 Å². The van der Waals surface area contributed by atoms with Crippen LogP contribution in [-0.4, -0.2) is 11.2 Å². The van der Waals surface area contributed by atoms with Gasteiger partial charge in [-0.25, -0.2) is 0 Å². The quantitative estimate of drug-likeness (QED) is 0.542. The topological polar surface area (TPSA) is 52.4 Å². The van der Waals surface area contributed by atoms with Crippen LogP contribution in [0.1, 0.15) is 5.56 Å². The van der Waals surface area contributed by atoms with Crippen molar-refractivity contribution >= 4 is 10.8 Å². The monoisotopic (exact) mass is 215 g/mol. The van der Waals surface area contributed by atoms with E-state index in [9.17, 15) is 10.1 Å². The normalized spacial score (nSPS) is 18.1. The van der Waals surface area contributed by atoms with Gasteiger partial charge in [0.1, 0.15) is 5.75 Å². The second kappa shape index (κ2) is 3.20. The molecule has 3 rings (SSSR count). The Morgan fingerprint density at radius 2 is 2.06 bits per heavy atom. The summed E-state index contributed by atoms with van der Waals surface area (Å²) in [6.07, 6.45) is -0.579. The average molecular weight is 215 g/mol. The van der Waals surface area contributed by atoms with Gasteiger partial charge in [-0.1, -0.05) is 30.3 Å². The number of rotatable bonds is 1. The highest BCUT2D eigenvalue weighted by Crippen LogP contribution is 2.34. The van der Waals surface area contributed by atoms with E-state index in [2.05, 4.69) is 0 Å². The van der Waals surface area contributed by atoms with Crippen molar-refractivity contribution in [2.75, 3.05) is 0 Å². The van der Waals surface area contributed by atoms with Crippen LogP contribution in [0.3, 0.4) is 0 Å². The number of hydrogen-bond acceptors (Lipinski definition) is 3. The minimum Gasteiger partial charge on any atom is -0.429 e. The van der Waals surface area contributed by atoms with Gasteiger partial charge in [0, 0.05) is 5.56 Å². The molecule has 1 aliphatic rings. The van der Waals surface area contributed by atoms with Crippen molar-refractivity contribution in [3.05, 3.63) is 52.1 Å². The second-order valence-electron chi connectivity index (χ2n) is 3.83. The van der Waals surface area contributed by atoms with Gasteiger partial charge in [-0.05, 0) is 16.8 Å². The third-order valence-corrected chi connectivity index (χ3v) is 2.87. The number of ether oxygens (including phenoxy) is 1. The molecule has 0 aliphatic carbocycles. The number of benzene rings is 2. The summed E-state index contributed by atoms with van der Waals surface area (Å²) >= 11 is 0. The molecular formula is C12H9NO3. The van der Waals surface area contributed by atoms with Crippen molar-refractivity contribution in [1.82, 2.24) is 0 Å². The third-order valence-electron chi connectivity index (χ3n) is 2.87. The minimum atomic E-state index is -0.930. The summed E-state index contributed by atoms with van der Waals surface area (Å²) in [5.74, 6) is 0.639. The minimum absolute atomic E-state index is 0.351. The van der Waals surface area contributed by atoms with Crippen molar-refractivity contribution in [1.29, 1.82) is 0 Å². The lowest BCUT2D eigenvalue weighted by atomic mass is 10.0. The highest BCUT2D eigenvalue weighted by atomic mass is 16.7. The number of fused-ring (bicyclic) bond motifs is 3. The standard InChI is InChI=1S/C12H9NO3/c14-13(15)12-7-10-9-4-2-1-3-8(9)5-6-11(10)16-12/h1-6,12H,7H2. The second-order valence-corrected chi connectivity index (χ2v) is 3.83. The van der Waals surface area contributed by atoms with Gasteiger partial charge in [0.15, 0.2) is 0 Å². The van der Waals surface area contributed by atoms with Gasteiger partial charge in [0.05, 0.1) is 11.3 Å². The molecule has 80 valence electrons. The molecule has 0 radical (unpaired) electrons. The molecule has 0 aromatic heterocycles. The van der Waals surface area contributed by atoms with Crippen LogP contribution in [-0.2, 0) is 6.42 Å². The Bertz CT molecular complexity index is 579. The lowest BCUT2D eigenvalue weighted by Gasteiger charge is -2.02. The Morgan fingerprint density at radius 1 is 1.25 bits per heavy atom. The molecule has 1 atom stereocenters. The van der Waals surface area contributed by atoms with Crippen LogP contribution in [0.5, 0.6) is 5.75 Å². The first kappa shape index (κ1) is 9.15. The van der Waals surface area contributed by atoms with E-state index in [-0.39, 0.29) is 4.92 Å². The maximum Gasteiger partial charge on any atom is 0.358 e. The number of hydrogen-bond donors (Lipinski definition) is 0. The highest BCUT2D eigenvalue weighted by molar-refractivity contribution is 5.88. The van der Waals surface area contributed by atoms with Gasteiger partial charge >= 0.3 is 6.23 Å². The van der Waals surface area contributed by atoms with E-state index >= 15 is 0 Å². The fraction of sp³-hybridized carbons (Fsp3) is 0.167. The van der Waals surface area contributed by atoms with Crippen molar-refractivity contribution in [2.24, 2.45) is 0 Å². The van der Waals surface area contributed by atoms with Gasteiger partial charge in [-0.2, -0.15) is 0 Å². The zero-order valence-corrected chi connectivity index (χ0v) is 8.42. The number of nitrogens with zero attached hydrogens (tertiary/aromatic N) is 1. The van der Waals surface area contributed by atoms with Gasteiger partial charge < -0.3 is 4.74 Å². The first-order chi connectivity index (χ1) is 7.75. The van der Waals surface area contributed by atoms with Crippen molar-refractivity contribution in [3.63, 3.8) is 0 Å². The zero-order chi connectivity index (χ0) is 11.1. The summed E-state index contributed by atoms with van der Waals surface area (Å²) in [5.41, 5.74) is 0.944. The largest absolute Gasteiger partial charge is 0.429 e. The fourth-order valence-electron chi connectivity index (χ4n) is 2.12. The van der Waals surface area contributed by atoms with Crippen LogP contribution in [0.15, 0.2) is 36.4 Å². The SMILES string of the molecule is O=[N+]([O-])C1Cc2c(ccc3ccccc23)O1. The molecule has 1 heterocycles.